The maximum Gasteiger partial charge on any atom is 3.00 e. The first kappa shape index (κ1) is 71.9. The van der Waals surface area contributed by atoms with Gasteiger partial charge in [0.1, 0.15) is 11.5 Å². The van der Waals surface area contributed by atoms with Gasteiger partial charge in [-0.1, -0.05) is 217 Å². The van der Waals surface area contributed by atoms with Crippen LogP contribution >= 0.6 is 0 Å². The Morgan fingerprint density at radius 3 is 0.939 bits per heavy atom. The van der Waals surface area contributed by atoms with Crippen molar-refractivity contribution in [3.05, 3.63) is 252 Å². The summed E-state index contributed by atoms with van der Waals surface area (Å²) < 4.78 is 9.85. The minimum atomic E-state index is -0.264. The molecule has 18 heteroatoms. The molecule has 0 saturated heterocycles. The third-order valence-corrected chi connectivity index (χ3v) is 10.1. The van der Waals surface area contributed by atoms with Crippen LogP contribution in [0.15, 0.2) is 228 Å². The maximum atomic E-state index is 11.8. The molecular weight excluding hydrogens is 1330 g/mol. The van der Waals surface area contributed by atoms with Crippen molar-refractivity contribution in [3.63, 3.8) is 0 Å². The number of ketones is 2. The molecular formula is C64H58Gd2N4O12. The number of hydrogen-bond donors (Lipinski definition) is 0. The van der Waals surface area contributed by atoms with Crippen LogP contribution in [0.25, 0.3) is 11.5 Å². The Bertz CT molecular complexity index is 3070. The molecule has 0 aliphatic rings. The van der Waals surface area contributed by atoms with Gasteiger partial charge in [0.05, 0.1) is 25.6 Å². The molecule has 8 aromatic carbocycles. The summed E-state index contributed by atoms with van der Waals surface area (Å²) in [5.41, 5.74) is 3.48. The summed E-state index contributed by atoms with van der Waals surface area (Å²) in [6.45, 7) is 0. The summed E-state index contributed by atoms with van der Waals surface area (Å²) in [4.78, 5) is 53.3. The number of hydrogen-bond acceptors (Lipinski definition) is 14. The number of carbonyl (C=O) groups excluding carboxylic acids is 4. The Balaban J connectivity index is 0.000000513. The van der Waals surface area contributed by atoms with Crippen LogP contribution in [0.3, 0.4) is 0 Å². The molecule has 0 aromatic heterocycles. The Hall–Kier alpha value is -8.09. The molecule has 2 radical (unpaired) electrons. The third-order valence-electron chi connectivity index (χ3n) is 10.1. The normalized spacial score (nSPS) is 10.2. The fourth-order valence-electron chi connectivity index (χ4n) is 5.98. The van der Waals surface area contributed by atoms with E-state index in [0.717, 1.165) is 25.0 Å². The van der Waals surface area contributed by atoms with Crippen LogP contribution < -0.4 is 40.1 Å². The molecule has 16 nitrogen and oxygen atoms in total. The summed E-state index contributed by atoms with van der Waals surface area (Å²) in [5, 5.41) is 70.0. The van der Waals surface area contributed by atoms with Gasteiger partial charge in [-0.3, -0.25) is 29.2 Å². The average Bonchev–Trinajstić information content (AvgIpc) is 3.49. The van der Waals surface area contributed by atoms with Gasteiger partial charge < -0.3 is 49.9 Å². The zero-order chi connectivity index (χ0) is 58.7. The Kier molecular flexibility index (Phi) is 35.9. The van der Waals surface area contributed by atoms with Crippen LogP contribution in [0.4, 0.5) is 11.4 Å². The zero-order valence-electron chi connectivity index (χ0n) is 45.5. The van der Waals surface area contributed by atoms with E-state index in [9.17, 15) is 49.8 Å². The van der Waals surface area contributed by atoms with E-state index in [1.165, 1.54) is 48.6 Å². The van der Waals surface area contributed by atoms with E-state index in [-0.39, 0.29) is 137 Å². The van der Waals surface area contributed by atoms with E-state index in [1.54, 1.807) is 198 Å². The standard InChI is InChI=1S/2C15H12O2.2C14H13NO3.2C3H7NO.2Gd/c2*16-14(12-7-3-1-4-8-12)11-15(17)13-9-5-2-6-10-13;2*1-18-13-8-4-5-10(14(13)17)9-15-11-6-2-3-7-12(11)16;2*1-4(2)3-5;;/h2*1-11,16H;2*2-9,16-17H,1H3;2*3H,1-2H3;;/q;;;;;;2*+3/p-6/b2*14-11-;;;;;;. The number of amides is 2. The van der Waals surface area contributed by atoms with Crippen molar-refractivity contribution in [2.75, 3.05) is 42.4 Å². The first-order valence-corrected chi connectivity index (χ1v) is 24.1. The van der Waals surface area contributed by atoms with E-state index in [2.05, 4.69) is 9.98 Å². The molecule has 0 N–H and O–H groups in total. The van der Waals surface area contributed by atoms with Gasteiger partial charge in [0.15, 0.2) is 11.6 Å². The molecule has 0 heterocycles. The molecule has 0 bridgehead atoms. The number of allylic oxidation sites excluding steroid dienone is 2. The fourth-order valence-corrected chi connectivity index (χ4v) is 5.98. The Morgan fingerprint density at radius 1 is 0.402 bits per heavy atom. The summed E-state index contributed by atoms with van der Waals surface area (Å²) in [6, 6.07) is 57.6. The minimum absolute atomic E-state index is 0. The Labute approximate surface area is 542 Å². The van der Waals surface area contributed by atoms with Gasteiger partial charge in [0, 0.05) is 51.7 Å². The first-order chi connectivity index (χ1) is 38.5. The Morgan fingerprint density at radius 2 is 0.671 bits per heavy atom. The van der Waals surface area contributed by atoms with Crippen LogP contribution in [-0.4, -0.2) is 89.0 Å². The van der Waals surface area contributed by atoms with E-state index in [4.69, 9.17) is 9.47 Å². The molecule has 422 valence electrons. The molecule has 8 aromatic rings. The SMILES string of the molecule is CN(C)C=O.CN(C)C=O.COc1cccc(C=Nc2ccccc2[O-])c1[O-].COc1cccc(C=Nc2ccccc2[O-])c1[O-].O=C(/C=C(\[O-])c1ccccc1)c1ccccc1.O=C(/C=C(\[O-])c1ccccc1)c1ccccc1.[Gd+3].[Gd+3]. The van der Waals surface area contributed by atoms with Crippen LogP contribution in [0.1, 0.15) is 43.0 Å². The summed E-state index contributed by atoms with van der Waals surface area (Å²) in [6.07, 6.45) is 6.51. The summed E-state index contributed by atoms with van der Waals surface area (Å²) in [7, 11) is 9.62. The van der Waals surface area contributed by atoms with Crippen LogP contribution in [0.5, 0.6) is 34.5 Å². The van der Waals surface area contributed by atoms with Crippen molar-refractivity contribution < 1.29 is 139 Å². The molecule has 0 unspecified atom stereocenters. The molecule has 82 heavy (non-hydrogen) atoms. The van der Waals surface area contributed by atoms with E-state index < -0.39 is 0 Å². The number of para-hydroxylation sites is 6. The van der Waals surface area contributed by atoms with Gasteiger partial charge in [0.2, 0.25) is 12.8 Å². The molecule has 0 aliphatic carbocycles. The molecule has 0 fully saturated rings. The molecule has 8 rings (SSSR count). The molecule has 2 amide bonds. The number of benzene rings is 8. The molecule has 0 atom stereocenters. The van der Waals surface area contributed by atoms with Gasteiger partial charge >= 0.3 is 79.9 Å². The molecule has 0 spiro atoms. The van der Waals surface area contributed by atoms with E-state index in [0.29, 0.717) is 44.8 Å². The van der Waals surface area contributed by atoms with Crippen molar-refractivity contribution in [1.29, 1.82) is 0 Å². The number of ether oxygens (including phenoxy) is 2. The van der Waals surface area contributed by atoms with Gasteiger partial charge in [-0.15, -0.1) is 0 Å². The van der Waals surface area contributed by atoms with Crippen molar-refractivity contribution in [3.8, 4) is 34.5 Å². The predicted octanol–water partition coefficient (Wildman–Crippen LogP) is 7.14. The summed E-state index contributed by atoms with van der Waals surface area (Å²) in [5.74, 6) is -1.38. The minimum Gasteiger partial charge on any atom is -0.872 e. The van der Waals surface area contributed by atoms with Crippen molar-refractivity contribution >= 4 is 59.7 Å². The second kappa shape index (κ2) is 41.0. The molecule has 0 aliphatic heterocycles. The number of carbonyl (C=O) groups is 4. The second-order valence-electron chi connectivity index (χ2n) is 16.6. The van der Waals surface area contributed by atoms with Crippen molar-refractivity contribution in [1.82, 2.24) is 9.80 Å². The number of aliphatic imine (C=N–C) groups is 2. The topological polar surface area (TPSA) is 256 Å². The molecule has 0 saturated carbocycles. The number of methoxy groups -OCH3 is 2. The van der Waals surface area contributed by atoms with Crippen LogP contribution in [0.2, 0.25) is 0 Å². The quantitative estimate of drug-likeness (QED) is 0.0346. The van der Waals surface area contributed by atoms with Crippen LogP contribution in [-0.2, 0) is 9.59 Å². The fraction of sp³-hybridized carbons (Fsp3) is 0.0938. The number of rotatable bonds is 14. The first-order valence-electron chi connectivity index (χ1n) is 24.1. The smallest absolute Gasteiger partial charge is 0.872 e. The van der Waals surface area contributed by atoms with Crippen molar-refractivity contribution in [2.45, 2.75) is 0 Å². The predicted molar refractivity (Wildman–Crippen MR) is 301 cm³/mol. The average molecular weight is 1390 g/mol. The number of nitrogens with zero attached hydrogens (tertiary/aromatic N) is 4. The monoisotopic (exact) mass is 1390 g/mol. The van der Waals surface area contributed by atoms with Gasteiger partial charge in [-0.2, -0.15) is 0 Å². The van der Waals surface area contributed by atoms with Crippen LogP contribution in [0, 0.1) is 79.9 Å². The van der Waals surface area contributed by atoms with Gasteiger partial charge in [-0.25, -0.2) is 0 Å². The largest absolute Gasteiger partial charge is 3.00 e. The summed E-state index contributed by atoms with van der Waals surface area (Å²) >= 11 is 0. The zero-order valence-corrected chi connectivity index (χ0v) is 50.0. The van der Waals surface area contributed by atoms with Gasteiger partial charge in [0.25, 0.3) is 0 Å². The third kappa shape index (κ3) is 26.9. The second-order valence-corrected chi connectivity index (χ2v) is 16.6. The van der Waals surface area contributed by atoms with E-state index >= 15 is 0 Å². The van der Waals surface area contributed by atoms with Gasteiger partial charge in [-0.05, 0) is 58.7 Å². The van der Waals surface area contributed by atoms with E-state index in [1.807, 2.05) is 24.3 Å². The maximum absolute atomic E-state index is 11.8. The van der Waals surface area contributed by atoms with Crippen molar-refractivity contribution in [2.24, 2.45) is 9.98 Å².